The van der Waals surface area contributed by atoms with Crippen LogP contribution in [0.2, 0.25) is 0 Å². The summed E-state index contributed by atoms with van der Waals surface area (Å²) in [7, 11) is 0. The van der Waals surface area contributed by atoms with Crippen molar-refractivity contribution in [1.29, 1.82) is 0 Å². The molecule has 11 rings (SSSR count). The highest BCUT2D eigenvalue weighted by Crippen LogP contribution is 2.47. The van der Waals surface area contributed by atoms with Gasteiger partial charge >= 0.3 is 0 Å². The van der Waals surface area contributed by atoms with Gasteiger partial charge in [0.1, 0.15) is 0 Å². The van der Waals surface area contributed by atoms with E-state index in [1.165, 1.54) is 49.9 Å². The van der Waals surface area contributed by atoms with E-state index in [1.807, 2.05) is 12.1 Å². The molecule has 2 aromatic heterocycles. The summed E-state index contributed by atoms with van der Waals surface area (Å²) in [6.45, 7) is 4.21. The van der Waals surface area contributed by atoms with E-state index in [9.17, 15) is 0 Å². The van der Waals surface area contributed by atoms with Crippen LogP contribution >= 0.6 is 0 Å². The molecule has 2 saturated heterocycles. The molecule has 2 aliphatic rings. The highest BCUT2D eigenvalue weighted by atomic mass is 15.1. The van der Waals surface area contributed by atoms with E-state index in [-0.39, 0.29) is 0 Å². The molecule has 9 aromatic rings. The van der Waals surface area contributed by atoms with Crippen molar-refractivity contribution in [2.75, 3.05) is 36.0 Å². The topological polar surface area (TPSA) is 58.0 Å². The highest BCUT2D eigenvalue weighted by Gasteiger charge is 2.24. The molecular formula is C56H48N6. The Hall–Kier alpha value is -7.18. The predicted octanol–water partition coefficient (Wildman–Crippen LogP) is 13.6. The zero-order valence-corrected chi connectivity index (χ0v) is 34.9. The van der Waals surface area contributed by atoms with E-state index >= 15 is 0 Å². The molecule has 2 aliphatic heterocycles. The third kappa shape index (κ3) is 7.36. The molecule has 2 fully saturated rings. The van der Waals surface area contributed by atoms with Crippen molar-refractivity contribution < 1.29 is 0 Å². The lowest BCUT2D eigenvalue weighted by molar-refractivity contribution is 0.578. The summed E-state index contributed by atoms with van der Waals surface area (Å²) in [5.74, 6) is 1.42. The predicted molar refractivity (Wildman–Crippen MR) is 257 cm³/mol. The van der Waals surface area contributed by atoms with Gasteiger partial charge in [0.15, 0.2) is 11.6 Å². The number of aromatic nitrogens is 4. The maximum atomic E-state index is 5.50. The van der Waals surface area contributed by atoms with Crippen molar-refractivity contribution in [3.05, 3.63) is 170 Å². The molecule has 302 valence electrons. The molecule has 6 nitrogen and oxygen atoms in total. The maximum absolute atomic E-state index is 5.50. The molecule has 0 radical (unpaired) electrons. The lowest BCUT2D eigenvalue weighted by Crippen LogP contribution is -2.29. The fraction of sp³-hybridized carbons (Fsp3) is 0.179. The molecule has 0 saturated carbocycles. The van der Waals surface area contributed by atoms with Gasteiger partial charge in [-0.05, 0) is 96.5 Å². The molecule has 62 heavy (non-hydrogen) atoms. The number of hydrogen-bond acceptors (Lipinski definition) is 6. The highest BCUT2D eigenvalue weighted by molar-refractivity contribution is 6.22. The Morgan fingerprint density at radius 1 is 0.290 bits per heavy atom. The molecule has 0 N–H and O–H groups in total. The van der Waals surface area contributed by atoms with Crippen LogP contribution in [0.3, 0.4) is 0 Å². The molecule has 0 bridgehead atoms. The van der Waals surface area contributed by atoms with Crippen LogP contribution in [-0.2, 0) is 0 Å². The van der Waals surface area contributed by atoms with Crippen molar-refractivity contribution >= 4 is 32.9 Å². The molecule has 0 unspecified atom stereocenters. The third-order valence-electron chi connectivity index (χ3n) is 12.7. The fourth-order valence-corrected chi connectivity index (χ4v) is 9.55. The first-order valence-electron chi connectivity index (χ1n) is 22.3. The van der Waals surface area contributed by atoms with E-state index < -0.39 is 0 Å². The van der Waals surface area contributed by atoms with Crippen LogP contribution in [0.25, 0.3) is 89.4 Å². The molecule has 0 amide bonds. The quantitative estimate of drug-likeness (QED) is 0.143. The van der Waals surface area contributed by atoms with Gasteiger partial charge in [-0.15, -0.1) is 0 Å². The minimum atomic E-state index is 0.709. The van der Waals surface area contributed by atoms with Gasteiger partial charge in [0, 0.05) is 70.9 Å². The zero-order valence-electron chi connectivity index (χ0n) is 34.9. The van der Waals surface area contributed by atoms with Gasteiger partial charge in [0.05, 0.1) is 22.8 Å². The van der Waals surface area contributed by atoms with E-state index in [0.717, 1.165) is 104 Å². The van der Waals surface area contributed by atoms with Crippen molar-refractivity contribution in [2.45, 2.75) is 38.5 Å². The summed E-state index contributed by atoms with van der Waals surface area (Å²) in [5.41, 5.74) is 12.4. The lowest BCUT2D eigenvalue weighted by atomic mass is 9.87. The standard InChI is InChI=1S/C56H48N6/c1-7-19-39(20-8-1)49-37-51(59-55(57-49)41-23-11-3-12-24-41)53-45-29-27-44(62-33-17-6-18-34-62)36-48(45)54(46-30-28-43(35-47(46)53)61-31-15-5-16-32-61)52-38-50(40-21-9-2-10-22-40)58-56(60-52)42-25-13-4-14-26-42/h1-4,7-14,19-30,35-38H,5-6,15-18,31-34H2. The van der Waals surface area contributed by atoms with Crippen LogP contribution < -0.4 is 9.80 Å². The number of fused-ring (bicyclic) bond motifs is 2. The molecule has 0 spiro atoms. The van der Waals surface area contributed by atoms with Crippen molar-refractivity contribution in [1.82, 2.24) is 19.9 Å². The van der Waals surface area contributed by atoms with Crippen molar-refractivity contribution in [3.63, 3.8) is 0 Å². The molecule has 0 atom stereocenters. The van der Waals surface area contributed by atoms with E-state index in [0.29, 0.717) is 11.6 Å². The molecule has 4 heterocycles. The maximum Gasteiger partial charge on any atom is 0.160 e. The van der Waals surface area contributed by atoms with Gasteiger partial charge in [-0.2, -0.15) is 0 Å². The molecular weight excluding hydrogens is 757 g/mol. The zero-order chi connectivity index (χ0) is 41.2. The molecule has 0 aliphatic carbocycles. The smallest absolute Gasteiger partial charge is 0.160 e. The Morgan fingerprint density at radius 3 is 1.00 bits per heavy atom. The summed E-state index contributed by atoms with van der Waals surface area (Å²) in [5, 5.41) is 4.59. The van der Waals surface area contributed by atoms with Crippen LogP contribution in [0.4, 0.5) is 11.4 Å². The summed E-state index contributed by atoms with van der Waals surface area (Å²) >= 11 is 0. The van der Waals surface area contributed by atoms with Crippen LogP contribution in [0.5, 0.6) is 0 Å². The summed E-state index contributed by atoms with van der Waals surface area (Å²) in [6, 6.07) is 60.5. The molecule has 7 aromatic carbocycles. The summed E-state index contributed by atoms with van der Waals surface area (Å²) < 4.78 is 0. The minimum absolute atomic E-state index is 0.709. The average Bonchev–Trinajstić information content (AvgIpc) is 3.36. The third-order valence-corrected chi connectivity index (χ3v) is 12.7. The normalized spacial score (nSPS) is 14.4. The largest absolute Gasteiger partial charge is 0.372 e. The second-order valence-corrected chi connectivity index (χ2v) is 16.7. The van der Waals surface area contributed by atoms with Gasteiger partial charge in [-0.3, -0.25) is 0 Å². The van der Waals surface area contributed by atoms with E-state index in [2.05, 4.69) is 168 Å². The number of benzene rings is 7. The number of anilines is 2. The van der Waals surface area contributed by atoms with Gasteiger partial charge in [-0.1, -0.05) is 133 Å². The minimum Gasteiger partial charge on any atom is -0.372 e. The number of rotatable bonds is 8. The summed E-state index contributed by atoms with van der Waals surface area (Å²) in [6.07, 6.45) is 7.35. The second-order valence-electron chi connectivity index (χ2n) is 16.7. The van der Waals surface area contributed by atoms with Gasteiger partial charge in [-0.25, -0.2) is 19.9 Å². The number of nitrogens with zero attached hydrogens (tertiary/aromatic N) is 6. The Kier molecular flexibility index (Phi) is 10.2. The van der Waals surface area contributed by atoms with E-state index in [1.54, 1.807) is 0 Å². The Balaban J connectivity index is 1.26. The summed E-state index contributed by atoms with van der Waals surface area (Å²) in [4.78, 5) is 26.6. The first kappa shape index (κ1) is 37.8. The van der Waals surface area contributed by atoms with Crippen LogP contribution in [0.15, 0.2) is 170 Å². The van der Waals surface area contributed by atoms with E-state index in [4.69, 9.17) is 19.9 Å². The van der Waals surface area contributed by atoms with Gasteiger partial charge in [0.25, 0.3) is 0 Å². The number of piperidine rings is 2. The Labute approximate surface area is 363 Å². The Bertz CT molecular complexity index is 2690. The van der Waals surface area contributed by atoms with Crippen LogP contribution in [0, 0.1) is 0 Å². The monoisotopic (exact) mass is 804 g/mol. The van der Waals surface area contributed by atoms with Gasteiger partial charge < -0.3 is 9.80 Å². The van der Waals surface area contributed by atoms with Crippen LogP contribution in [-0.4, -0.2) is 46.1 Å². The first-order chi connectivity index (χ1) is 30.7. The van der Waals surface area contributed by atoms with Crippen LogP contribution in [0.1, 0.15) is 38.5 Å². The average molecular weight is 805 g/mol. The fourth-order valence-electron chi connectivity index (χ4n) is 9.55. The van der Waals surface area contributed by atoms with Crippen molar-refractivity contribution in [2.24, 2.45) is 0 Å². The first-order valence-corrected chi connectivity index (χ1v) is 22.3. The van der Waals surface area contributed by atoms with Gasteiger partial charge in [0.2, 0.25) is 0 Å². The number of hydrogen-bond donors (Lipinski definition) is 0. The second kappa shape index (κ2) is 16.7. The lowest BCUT2D eigenvalue weighted by Gasteiger charge is -2.30. The molecule has 6 heteroatoms. The van der Waals surface area contributed by atoms with Crippen molar-refractivity contribution in [3.8, 4) is 67.8 Å². The SMILES string of the molecule is c1ccc(-c2cc(-c3c4ccc(N5CCCCC5)cc4c(-c4cc(-c5ccccc5)nc(-c5ccccc5)n4)c4ccc(N5CCCCC5)cc34)nc(-c3ccccc3)n2)cc1. The Morgan fingerprint density at radius 2 is 0.629 bits per heavy atom.